The molecule has 3 aliphatic rings. The van der Waals surface area contributed by atoms with E-state index in [0.717, 1.165) is 58.4 Å². The first-order valence-corrected chi connectivity index (χ1v) is 11.5. The Labute approximate surface area is 195 Å². The molecule has 2 saturated carbocycles. The summed E-state index contributed by atoms with van der Waals surface area (Å²) in [6, 6.07) is 0. The van der Waals surface area contributed by atoms with Crippen molar-refractivity contribution in [3.05, 3.63) is 0 Å². The van der Waals surface area contributed by atoms with Gasteiger partial charge in [0.25, 0.3) is 0 Å². The topological polar surface area (TPSA) is 58.1 Å². The average molecular weight is 523 g/mol. The van der Waals surface area contributed by atoms with Crippen LogP contribution in [0.25, 0.3) is 0 Å². The third kappa shape index (κ3) is 6.94. The van der Waals surface area contributed by atoms with Crippen molar-refractivity contribution in [2.24, 2.45) is 10.4 Å². The number of guanidine groups is 1. The second-order valence-electron chi connectivity index (χ2n) is 9.11. The van der Waals surface area contributed by atoms with Crippen LogP contribution in [0.1, 0.15) is 64.2 Å². The highest BCUT2D eigenvalue weighted by molar-refractivity contribution is 14.0. The Balaban J connectivity index is 0.00000300. The lowest BCUT2D eigenvalue weighted by Gasteiger charge is -2.48. The summed E-state index contributed by atoms with van der Waals surface area (Å²) in [7, 11) is 3.71. The summed E-state index contributed by atoms with van der Waals surface area (Å²) in [6.07, 6.45) is 13.1. The maximum Gasteiger partial charge on any atom is 0.191 e. The number of hydrogen-bond donors (Lipinski definition) is 2. The van der Waals surface area contributed by atoms with E-state index in [-0.39, 0.29) is 29.5 Å². The number of aliphatic imine (C=N–C) groups is 1. The van der Waals surface area contributed by atoms with E-state index in [1.54, 1.807) is 0 Å². The van der Waals surface area contributed by atoms with Crippen molar-refractivity contribution in [3.8, 4) is 0 Å². The highest BCUT2D eigenvalue weighted by atomic mass is 127. The Bertz CT molecular complexity index is 485. The second kappa shape index (κ2) is 12.7. The molecule has 29 heavy (non-hydrogen) atoms. The number of nitrogens with one attached hydrogen (secondary N) is 2. The summed E-state index contributed by atoms with van der Waals surface area (Å²) < 4.78 is 11.0. The lowest BCUT2D eigenvalue weighted by atomic mass is 9.79. The van der Waals surface area contributed by atoms with Crippen molar-refractivity contribution in [1.82, 2.24) is 15.5 Å². The Morgan fingerprint density at radius 3 is 2.21 bits per heavy atom. The molecule has 6 nitrogen and oxygen atoms in total. The van der Waals surface area contributed by atoms with Crippen LogP contribution in [0.15, 0.2) is 4.99 Å². The number of halogens is 1. The van der Waals surface area contributed by atoms with E-state index in [0.29, 0.717) is 5.41 Å². The standard InChI is InChI=1S/C22H42N4O2.HI/c1-23-20(24-18-21(12-15-27-2)8-6-7-9-21)25-19-22(10-4-3-5-11-22)26-13-16-28-17-14-26;/h3-19H2,1-2H3,(H2,23,24,25);1H. The lowest BCUT2D eigenvalue weighted by Crippen LogP contribution is -2.60. The van der Waals surface area contributed by atoms with Gasteiger partial charge in [0.2, 0.25) is 0 Å². The summed E-state index contributed by atoms with van der Waals surface area (Å²) >= 11 is 0. The molecule has 3 rings (SSSR count). The van der Waals surface area contributed by atoms with Gasteiger partial charge in [0.15, 0.2) is 5.96 Å². The van der Waals surface area contributed by atoms with Crippen LogP contribution in [0.3, 0.4) is 0 Å². The number of nitrogens with zero attached hydrogens (tertiary/aromatic N) is 2. The molecule has 1 heterocycles. The predicted molar refractivity (Wildman–Crippen MR) is 130 cm³/mol. The van der Waals surface area contributed by atoms with Gasteiger partial charge in [-0.1, -0.05) is 32.1 Å². The van der Waals surface area contributed by atoms with Gasteiger partial charge in [-0.05, 0) is 37.5 Å². The number of ether oxygens (including phenoxy) is 2. The van der Waals surface area contributed by atoms with Gasteiger partial charge in [0, 0.05) is 52.5 Å². The molecule has 2 aliphatic carbocycles. The monoisotopic (exact) mass is 522 g/mol. The van der Waals surface area contributed by atoms with Gasteiger partial charge in [0.05, 0.1) is 13.2 Å². The SMILES string of the molecule is CN=C(NCC1(CCOC)CCCC1)NCC1(N2CCOCC2)CCCCC1.I. The van der Waals surface area contributed by atoms with Crippen LogP contribution in [-0.2, 0) is 9.47 Å². The summed E-state index contributed by atoms with van der Waals surface area (Å²) in [6.45, 7) is 6.71. The van der Waals surface area contributed by atoms with Gasteiger partial charge >= 0.3 is 0 Å². The van der Waals surface area contributed by atoms with Crippen LogP contribution >= 0.6 is 24.0 Å². The van der Waals surface area contributed by atoms with Crippen LogP contribution in [0.5, 0.6) is 0 Å². The van der Waals surface area contributed by atoms with Crippen molar-refractivity contribution >= 4 is 29.9 Å². The fourth-order valence-corrected chi connectivity index (χ4v) is 5.55. The number of rotatable bonds is 8. The largest absolute Gasteiger partial charge is 0.385 e. The molecule has 0 atom stereocenters. The van der Waals surface area contributed by atoms with E-state index in [2.05, 4.69) is 20.5 Å². The molecule has 0 unspecified atom stereocenters. The zero-order valence-electron chi connectivity index (χ0n) is 18.6. The van der Waals surface area contributed by atoms with Crippen LogP contribution in [-0.4, -0.2) is 76.6 Å². The first-order valence-electron chi connectivity index (χ1n) is 11.5. The molecule has 2 N–H and O–H groups in total. The maximum atomic E-state index is 5.61. The molecule has 0 aromatic heterocycles. The van der Waals surface area contributed by atoms with E-state index >= 15 is 0 Å². The minimum Gasteiger partial charge on any atom is -0.385 e. The summed E-state index contributed by atoms with van der Waals surface area (Å²) in [5.41, 5.74) is 0.640. The van der Waals surface area contributed by atoms with Gasteiger partial charge in [-0.25, -0.2) is 0 Å². The quantitative estimate of drug-likeness (QED) is 0.291. The molecule has 170 valence electrons. The van der Waals surface area contributed by atoms with E-state index < -0.39 is 0 Å². The highest BCUT2D eigenvalue weighted by Crippen LogP contribution is 2.40. The Morgan fingerprint density at radius 2 is 1.59 bits per heavy atom. The Hall–Kier alpha value is -0.120. The van der Waals surface area contributed by atoms with Crippen molar-refractivity contribution in [2.75, 3.05) is 60.2 Å². The minimum absolute atomic E-state index is 0. The van der Waals surface area contributed by atoms with Gasteiger partial charge in [0.1, 0.15) is 0 Å². The Morgan fingerprint density at radius 1 is 0.966 bits per heavy atom. The number of morpholine rings is 1. The molecule has 0 radical (unpaired) electrons. The van der Waals surface area contributed by atoms with Gasteiger partial charge in [-0.2, -0.15) is 0 Å². The van der Waals surface area contributed by atoms with E-state index in [9.17, 15) is 0 Å². The molecule has 7 heteroatoms. The molecule has 0 amide bonds. The van der Waals surface area contributed by atoms with Crippen LogP contribution < -0.4 is 10.6 Å². The van der Waals surface area contributed by atoms with Crippen molar-refractivity contribution in [3.63, 3.8) is 0 Å². The maximum absolute atomic E-state index is 5.61. The smallest absolute Gasteiger partial charge is 0.191 e. The van der Waals surface area contributed by atoms with Gasteiger partial charge < -0.3 is 20.1 Å². The molecular formula is C22H43IN4O2. The lowest BCUT2D eigenvalue weighted by molar-refractivity contribution is -0.0352. The van der Waals surface area contributed by atoms with E-state index in [4.69, 9.17) is 9.47 Å². The summed E-state index contributed by atoms with van der Waals surface area (Å²) in [5.74, 6) is 0.960. The summed E-state index contributed by atoms with van der Waals surface area (Å²) in [4.78, 5) is 7.23. The first-order chi connectivity index (χ1) is 13.7. The van der Waals surface area contributed by atoms with Crippen molar-refractivity contribution < 1.29 is 9.47 Å². The van der Waals surface area contributed by atoms with E-state index in [1.807, 2.05) is 14.2 Å². The molecular weight excluding hydrogens is 479 g/mol. The zero-order valence-corrected chi connectivity index (χ0v) is 21.0. The number of methoxy groups -OCH3 is 1. The minimum atomic E-state index is 0. The zero-order chi connectivity index (χ0) is 19.7. The molecule has 3 fully saturated rings. The van der Waals surface area contributed by atoms with Crippen molar-refractivity contribution in [1.29, 1.82) is 0 Å². The predicted octanol–water partition coefficient (Wildman–Crippen LogP) is 3.40. The Kier molecular flexibility index (Phi) is 11.0. The van der Waals surface area contributed by atoms with Gasteiger partial charge in [-0.3, -0.25) is 9.89 Å². The third-order valence-corrected chi connectivity index (χ3v) is 7.41. The fourth-order valence-electron chi connectivity index (χ4n) is 5.55. The first kappa shape index (κ1) is 25.1. The second-order valence-corrected chi connectivity index (χ2v) is 9.11. The van der Waals surface area contributed by atoms with Crippen LogP contribution in [0.2, 0.25) is 0 Å². The van der Waals surface area contributed by atoms with Crippen LogP contribution in [0.4, 0.5) is 0 Å². The molecule has 1 aliphatic heterocycles. The average Bonchev–Trinajstić information content (AvgIpc) is 3.23. The molecule has 1 saturated heterocycles. The third-order valence-electron chi connectivity index (χ3n) is 7.41. The summed E-state index contributed by atoms with van der Waals surface area (Å²) in [5, 5.41) is 7.36. The number of hydrogen-bond acceptors (Lipinski definition) is 4. The van der Waals surface area contributed by atoms with Gasteiger partial charge in [-0.15, -0.1) is 24.0 Å². The van der Waals surface area contributed by atoms with Crippen LogP contribution in [0, 0.1) is 5.41 Å². The van der Waals surface area contributed by atoms with E-state index in [1.165, 1.54) is 57.8 Å². The normalized spacial score (nSPS) is 24.7. The fraction of sp³-hybridized carbons (Fsp3) is 0.955. The molecule has 0 bridgehead atoms. The highest BCUT2D eigenvalue weighted by Gasteiger charge is 2.39. The molecule has 0 spiro atoms. The molecule has 0 aromatic carbocycles. The molecule has 0 aromatic rings. The van der Waals surface area contributed by atoms with Crippen molar-refractivity contribution in [2.45, 2.75) is 69.7 Å².